The largest absolute Gasteiger partial charge is 0.481 e. The van der Waals surface area contributed by atoms with E-state index in [4.69, 9.17) is 5.11 Å². The lowest BCUT2D eigenvalue weighted by molar-refractivity contribution is -0.137. The normalized spacial score (nSPS) is 16.2. The molecule has 0 atom stereocenters. The third-order valence-electron chi connectivity index (χ3n) is 1.54. The number of rotatable bonds is 2. The third-order valence-corrected chi connectivity index (χ3v) is 1.54. The van der Waals surface area contributed by atoms with Gasteiger partial charge in [0, 0.05) is 32.6 Å². The number of carbonyl (C=O) groups is 1. The quantitative estimate of drug-likeness (QED) is 0.583. The molecule has 0 spiro atoms. The van der Waals surface area contributed by atoms with Gasteiger partial charge in [-0.1, -0.05) is 13.8 Å². The van der Waals surface area contributed by atoms with Gasteiger partial charge in [-0.2, -0.15) is 0 Å². The second kappa shape index (κ2) is 8.01. The molecule has 0 aliphatic carbocycles. The molecule has 0 aromatic heterocycles. The molecule has 4 heteroatoms. The molecule has 78 valence electrons. The number of hydrogen-bond donors (Lipinski definition) is 3. The van der Waals surface area contributed by atoms with E-state index < -0.39 is 5.97 Å². The molecule has 0 unspecified atom stereocenters. The number of hydrogen-bond acceptors (Lipinski definition) is 3. The highest BCUT2D eigenvalue weighted by molar-refractivity contribution is 5.66. The van der Waals surface area contributed by atoms with Gasteiger partial charge >= 0.3 is 5.97 Å². The van der Waals surface area contributed by atoms with Gasteiger partial charge in [-0.15, -0.1) is 0 Å². The fourth-order valence-electron chi connectivity index (χ4n) is 0.953. The van der Waals surface area contributed by atoms with Gasteiger partial charge in [0.25, 0.3) is 0 Å². The lowest BCUT2D eigenvalue weighted by Gasteiger charge is -2.11. The second-order valence-corrected chi connectivity index (χ2v) is 3.49. The van der Waals surface area contributed by atoms with Gasteiger partial charge in [-0.05, 0) is 5.92 Å². The zero-order chi connectivity index (χ0) is 10.1. The van der Waals surface area contributed by atoms with Crippen LogP contribution in [0.2, 0.25) is 0 Å². The summed E-state index contributed by atoms with van der Waals surface area (Å²) in [6.45, 7) is 8.32. The summed E-state index contributed by atoms with van der Waals surface area (Å²) in [7, 11) is 0. The Morgan fingerprint density at radius 2 is 1.62 bits per heavy atom. The van der Waals surface area contributed by atoms with Gasteiger partial charge in [0.05, 0.1) is 0 Å². The zero-order valence-corrected chi connectivity index (χ0v) is 8.47. The number of aliphatic carboxylic acids is 1. The Morgan fingerprint density at radius 3 is 1.69 bits per heavy atom. The standard InChI is InChI=1S/C5H10O2.C4H10N2/c1-4(2)3-5(6)7;1-2-6-4-3-5-1/h4H,3H2,1-2H3,(H,6,7);5-6H,1-4H2. The van der Waals surface area contributed by atoms with Crippen molar-refractivity contribution in [3.05, 3.63) is 0 Å². The first kappa shape index (κ1) is 12.4. The third kappa shape index (κ3) is 11.4. The van der Waals surface area contributed by atoms with E-state index in [9.17, 15) is 4.79 Å². The number of carboxylic acids is 1. The van der Waals surface area contributed by atoms with Crippen LogP contribution in [0.15, 0.2) is 0 Å². The van der Waals surface area contributed by atoms with Crippen molar-refractivity contribution in [2.24, 2.45) is 5.92 Å². The number of nitrogens with one attached hydrogen (secondary N) is 2. The van der Waals surface area contributed by atoms with Crippen molar-refractivity contribution in [3.8, 4) is 0 Å². The fourth-order valence-corrected chi connectivity index (χ4v) is 0.953. The van der Waals surface area contributed by atoms with Crippen LogP contribution in [-0.4, -0.2) is 37.3 Å². The first-order chi connectivity index (χ1) is 6.13. The summed E-state index contributed by atoms with van der Waals surface area (Å²) in [5.41, 5.74) is 0. The number of carboxylic acid groups (broad SMARTS) is 1. The van der Waals surface area contributed by atoms with Crippen LogP contribution in [0, 0.1) is 5.92 Å². The van der Waals surface area contributed by atoms with Crippen LogP contribution in [0.5, 0.6) is 0 Å². The summed E-state index contributed by atoms with van der Waals surface area (Å²) in [6.07, 6.45) is 0.278. The van der Waals surface area contributed by atoms with Crippen molar-refractivity contribution >= 4 is 5.97 Å². The highest BCUT2D eigenvalue weighted by atomic mass is 16.4. The first-order valence-electron chi connectivity index (χ1n) is 4.76. The second-order valence-electron chi connectivity index (χ2n) is 3.49. The maximum Gasteiger partial charge on any atom is 0.303 e. The average molecular weight is 188 g/mol. The van der Waals surface area contributed by atoms with Crippen molar-refractivity contribution in [1.82, 2.24) is 10.6 Å². The van der Waals surface area contributed by atoms with E-state index in [1.165, 1.54) is 0 Å². The van der Waals surface area contributed by atoms with Crippen LogP contribution < -0.4 is 10.6 Å². The van der Waals surface area contributed by atoms with Crippen LogP contribution in [0.3, 0.4) is 0 Å². The topological polar surface area (TPSA) is 61.4 Å². The Balaban J connectivity index is 0.000000223. The summed E-state index contributed by atoms with van der Waals surface area (Å²) < 4.78 is 0. The molecule has 1 saturated heterocycles. The lowest BCUT2D eigenvalue weighted by atomic mass is 10.1. The van der Waals surface area contributed by atoms with Gasteiger partial charge < -0.3 is 15.7 Å². The lowest BCUT2D eigenvalue weighted by Crippen LogP contribution is -2.39. The molecule has 1 fully saturated rings. The molecule has 1 aliphatic heterocycles. The smallest absolute Gasteiger partial charge is 0.303 e. The summed E-state index contributed by atoms with van der Waals surface area (Å²) in [6, 6.07) is 0. The average Bonchev–Trinajstić information content (AvgIpc) is 2.06. The summed E-state index contributed by atoms with van der Waals surface area (Å²) in [4.78, 5) is 9.81. The van der Waals surface area contributed by atoms with Crippen LogP contribution in [0.25, 0.3) is 0 Å². The minimum absolute atomic E-state index is 0.275. The van der Waals surface area contributed by atoms with E-state index in [0.29, 0.717) is 0 Å². The SMILES string of the molecule is C1CNCCN1.CC(C)CC(=O)O. The van der Waals surface area contributed by atoms with Gasteiger partial charge in [0.2, 0.25) is 0 Å². The molecular weight excluding hydrogens is 168 g/mol. The molecule has 0 bridgehead atoms. The fraction of sp³-hybridized carbons (Fsp3) is 0.889. The molecule has 13 heavy (non-hydrogen) atoms. The molecule has 0 saturated carbocycles. The Morgan fingerprint density at radius 1 is 1.23 bits per heavy atom. The zero-order valence-electron chi connectivity index (χ0n) is 8.47. The molecule has 4 nitrogen and oxygen atoms in total. The van der Waals surface area contributed by atoms with Crippen molar-refractivity contribution in [3.63, 3.8) is 0 Å². The molecule has 0 aromatic rings. The summed E-state index contributed by atoms with van der Waals surface area (Å²) >= 11 is 0. The Bertz CT molecular complexity index is 122. The van der Waals surface area contributed by atoms with E-state index in [1.807, 2.05) is 13.8 Å². The number of piperazine rings is 1. The summed E-state index contributed by atoms with van der Waals surface area (Å²) in [5, 5.41) is 14.5. The minimum Gasteiger partial charge on any atom is -0.481 e. The highest BCUT2D eigenvalue weighted by Gasteiger charge is 1.98. The first-order valence-corrected chi connectivity index (χ1v) is 4.76. The van der Waals surface area contributed by atoms with Gasteiger partial charge in [-0.25, -0.2) is 0 Å². The highest BCUT2D eigenvalue weighted by Crippen LogP contribution is 1.96. The van der Waals surface area contributed by atoms with E-state index in [-0.39, 0.29) is 12.3 Å². The molecule has 3 N–H and O–H groups in total. The minimum atomic E-state index is -0.713. The van der Waals surface area contributed by atoms with Crippen LogP contribution >= 0.6 is 0 Å². The predicted molar refractivity (Wildman–Crippen MR) is 52.8 cm³/mol. The Kier molecular flexibility index (Phi) is 7.63. The van der Waals surface area contributed by atoms with Gasteiger partial charge in [-0.3, -0.25) is 4.79 Å². The van der Waals surface area contributed by atoms with Crippen LogP contribution in [0.4, 0.5) is 0 Å². The van der Waals surface area contributed by atoms with Crippen molar-refractivity contribution < 1.29 is 9.90 Å². The van der Waals surface area contributed by atoms with E-state index >= 15 is 0 Å². The van der Waals surface area contributed by atoms with Crippen molar-refractivity contribution in [2.75, 3.05) is 26.2 Å². The molecule has 0 radical (unpaired) electrons. The Hall–Kier alpha value is -0.610. The Labute approximate surface area is 79.7 Å². The molecule has 1 aliphatic rings. The maximum absolute atomic E-state index is 9.81. The monoisotopic (exact) mass is 188 g/mol. The van der Waals surface area contributed by atoms with E-state index in [2.05, 4.69) is 10.6 Å². The molecule has 1 heterocycles. The molecular formula is C9H20N2O2. The summed E-state index contributed by atoms with van der Waals surface area (Å²) in [5.74, 6) is -0.438. The maximum atomic E-state index is 9.81. The molecule has 0 aromatic carbocycles. The van der Waals surface area contributed by atoms with Crippen LogP contribution in [-0.2, 0) is 4.79 Å². The van der Waals surface area contributed by atoms with Gasteiger partial charge in [0.15, 0.2) is 0 Å². The van der Waals surface area contributed by atoms with E-state index in [0.717, 1.165) is 26.2 Å². The van der Waals surface area contributed by atoms with Crippen molar-refractivity contribution in [1.29, 1.82) is 0 Å². The van der Waals surface area contributed by atoms with Gasteiger partial charge in [0.1, 0.15) is 0 Å². The predicted octanol–water partition coefficient (Wildman–Crippen LogP) is 0.296. The molecule has 1 rings (SSSR count). The van der Waals surface area contributed by atoms with Crippen LogP contribution in [0.1, 0.15) is 20.3 Å². The van der Waals surface area contributed by atoms with E-state index in [1.54, 1.807) is 0 Å². The molecule has 0 amide bonds. The van der Waals surface area contributed by atoms with Crippen molar-refractivity contribution in [2.45, 2.75) is 20.3 Å².